The minimum Gasteiger partial charge on any atom is -0.363 e. The summed E-state index contributed by atoms with van der Waals surface area (Å²) >= 11 is 0. The van der Waals surface area contributed by atoms with Gasteiger partial charge in [-0.1, -0.05) is 24.3 Å². The van der Waals surface area contributed by atoms with Crippen molar-refractivity contribution in [2.75, 3.05) is 11.9 Å². The predicted molar refractivity (Wildman–Crippen MR) is 114 cm³/mol. The van der Waals surface area contributed by atoms with Crippen molar-refractivity contribution in [1.82, 2.24) is 14.5 Å². The van der Waals surface area contributed by atoms with Gasteiger partial charge in [-0.3, -0.25) is 4.18 Å². The van der Waals surface area contributed by atoms with Crippen LogP contribution in [0, 0.1) is 5.92 Å². The van der Waals surface area contributed by atoms with Gasteiger partial charge < -0.3 is 9.88 Å². The van der Waals surface area contributed by atoms with Gasteiger partial charge in [0.1, 0.15) is 17.8 Å². The number of fused-ring (bicyclic) bond motifs is 2. The van der Waals surface area contributed by atoms with E-state index in [1.54, 1.807) is 6.33 Å². The van der Waals surface area contributed by atoms with Gasteiger partial charge in [0.05, 0.1) is 18.0 Å². The highest BCUT2D eigenvalue weighted by Crippen LogP contribution is 2.38. The fraction of sp³-hybridized carbons (Fsp3) is 0.429. The summed E-state index contributed by atoms with van der Waals surface area (Å²) in [6.07, 6.45) is 8.48. The van der Waals surface area contributed by atoms with E-state index < -0.39 is 10.3 Å². The van der Waals surface area contributed by atoms with E-state index in [-0.39, 0.29) is 24.6 Å². The van der Waals surface area contributed by atoms with Crippen molar-refractivity contribution in [3.8, 4) is 0 Å². The summed E-state index contributed by atoms with van der Waals surface area (Å²) in [5.74, 6) is 1.02. The molecule has 5 rings (SSSR count). The second kappa shape index (κ2) is 7.64. The molecule has 2 heterocycles. The monoisotopic (exact) mass is 427 g/mol. The van der Waals surface area contributed by atoms with Crippen molar-refractivity contribution in [2.45, 2.75) is 44.2 Å². The number of nitrogens with one attached hydrogen (secondary N) is 1. The van der Waals surface area contributed by atoms with Crippen molar-refractivity contribution in [3.05, 3.63) is 54.0 Å². The summed E-state index contributed by atoms with van der Waals surface area (Å²) in [5.41, 5.74) is 3.64. The van der Waals surface area contributed by atoms with E-state index in [2.05, 4.69) is 56.4 Å². The van der Waals surface area contributed by atoms with Gasteiger partial charge in [-0.05, 0) is 55.2 Å². The first-order valence-corrected chi connectivity index (χ1v) is 11.8. The zero-order valence-electron chi connectivity index (χ0n) is 16.6. The summed E-state index contributed by atoms with van der Waals surface area (Å²) in [7, 11) is -3.89. The molecule has 9 heteroatoms. The lowest BCUT2D eigenvalue weighted by Gasteiger charge is -2.17. The normalized spacial score (nSPS) is 23.7. The number of rotatable bonds is 6. The fourth-order valence-corrected chi connectivity index (χ4v) is 5.28. The van der Waals surface area contributed by atoms with Gasteiger partial charge in [-0.2, -0.15) is 8.42 Å². The minimum absolute atomic E-state index is 0.136. The number of hydrogen-bond donors (Lipinski definition) is 2. The summed E-state index contributed by atoms with van der Waals surface area (Å²) < 4.78 is 29.1. The predicted octanol–water partition coefficient (Wildman–Crippen LogP) is 3.09. The summed E-state index contributed by atoms with van der Waals surface area (Å²) in [4.78, 5) is 9.06. The van der Waals surface area contributed by atoms with Crippen LogP contribution in [0.2, 0.25) is 0 Å². The number of aromatic nitrogens is 3. The van der Waals surface area contributed by atoms with Crippen LogP contribution in [-0.2, 0) is 20.9 Å². The number of hydrogen-bond acceptors (Lipinski definition) is 6. The van der Waals surface area contributed by atoms with E-state index in [4.69, 9.17) is 9.32 Å². The molecule has 1 aromatic carbocycles. The van der Waals surface area contributed by atoms with Gasteiger partial charge in [-0.25, -0.2) is 15.1 Å². The lowest BCUT2D eigenvalue weighted by Crippen LogP contribution is -2.19. The van der Waals surface area contributed by atoms with Crippen LogP contribution in [0.25, 0.3) is 11.0 Å². The largest absolute Gasteiger partial charge is 0.363 e. The van der Waals surface area contributed by atoms with E-state index in [0.29, 0.717) is 0 Å². The van der Waals surface area contributed by atoms with Crippen LogP contribution in [0.5, 0.6) is 0 Å². The Bertz CT molecular complexity index is 1180. The summed E-state index contributed by atoms with van der Waals surface area (Å²) in [6.45, 7) is 0.136. The third kappa shape index (κ3) is 3.80. The van der Waals surface area contributed by atoms with Crippen molar-refractivity contribution in [1.29, 1.82) is 0 Å². The SMILES string of the molecule is NS(=O)(=O)OC[C@@H]1CC[C@H](n2ccc3c(N[C@H]4CCc5ccccc54)ncnc32)C1. The molecule has 158 valence electrons. The van der Waals surface area contributed by atoms with E-state index in [9.17, 15) is 8.42 Å². The van der Waals surface area contributed by atoms with Crippen molar-refractivity contribution < 1.29 is 12.6 Å². The van der Waals surface area contributed by atoms with Crippen molar-refractivity contribution in [2.24, 2.45) is 11.1 Å². The van der Waals surface area contributed by atoms with Gasteiger partial charge in [0.25, 0.3) is 0 Å². The molecule has 0 radical (unpaired) electrons. The maximum Gasteiger partial charge on any atom is 0.333 e. The van der Waals surface area contributed by atoms with Gasteiger partial charge in [0, 0.05) is 12.2 Å². The molecule has 2 aliphatic rings. The molecule has 3 aromatic rings. The molecule has 2 aromatic heterocycles. The summed E-state index contributed by atoms with van der Waals surface area (Å²) in [5, 5.41) is 9.58. The maximum absolute atomic E-state index is 11.1. The Balaban J connectivity index is 1.35. The zero-order valence-corrected chi connectivity index (χ0v) is 17.4. The van der Waals surface area contributed by atoms with Crippen molar-refractivity contribution >= 4 is 27.2 Å². The quantitative estimate of drug-likeness (QED) is 0.625. The number of aryl methyl sites for hydroxylation is 1. The smallest absolute Gasteiger partial charge is 0.333 e. The summed E-state index contributed by atoms with van der Waals surface area (Å²) in [6, 6.07) is 11.1. The highest BCUT2D eigenvalue weighted by molar-refractivity contribution is 7.84. The van der Waals surface area contributed by atoms with Crippen LogP contribution in [0.4, 0.5) is 5.82 Å². The Hall–Kier alpha value is -2.49. The van der Waals surface area contributed by atoms with Crippen molar-refractivity contribution in [3.63, 3.8) is 0 Å². The van der Waals surface area contributed by atoms with Crippen LogP contribution in [0.1, 0.15) is 48.9 Å². The average molecular weight is 428 g/mol. The Morgan fingerprint density at radius 1 is 1.17 bits per heavy atom. The number of benzene rings is 1. The standard InChI is InChI=1S/C21H25N5O3S/c22-30(27,28)29-12-14-5-7-16(11-14)26-10-9-18-20(23-13-24-21(18)26)25-19-8-6-15-3-1-2-4-17(15)19/h1-4,9-10,13-14,16,19H,5-8,11-12H2,(H2,22,27,28)(H,23,24,25)/t14-,16+,19+/m1/s1. The first-order valence-electron chi connectivity index (χ1n) is 10.3. The van der Waals surface area contributed by atoms with Crippen LogP contribution < -0.4 is 10.5 Å². The fourth-order valence-electron chi connectivity index (χ4n) is 4.90. The Morgan fingerprint density at radius 3 is 2.90 bits per heavy atom. The highest BCUT2D eigenvalue weighted by atomic mass is 32.2. The molecule has 1 fully saturated rings. The first-order chi connectivity index (χ1) is 14.5. The molecule has 0 amide bonds. The van der Waals surface area contributed by atoms with Crippen LogP contribution in [0.3, 0.4) is 0 Å². The minimum atomic E-state index is -3.89. The molecule has 30 heavy (non-hydrogen) atoms. The molecule has 0 spiro atoms. The first kappa shape index (κ1) is 19.5. The Kier molecular flexibility index (Phi) is 4.96. The topological polar surface area (TPSA) is 112 Å². The van der Waals surface area contributed by atoms with Gasteiger partial charge in [0.15, 0.2) is 0 Å². The molecular weight excluding hydrogens is 402 g/mol. The van der Waals surface area contributed by atoms with E-state index in [1.807, 2.05) is 0 Å². The van der Waals surface area contributed by atoms with Crippen LogP contribution in [0.15, 0.2) is 42.9 Å². The molecule has 0 aliphatic heterocycles. The molecular formula is C21H25N5O3S. The maximum atomic E-state index is 11.1. The van der Waals surface area contributed by atoms with Crippen LogP contribution in [-0.4, -0.2) is 29.6 Å². The van der Waals surface area contributed by atoms with E-state index in [1.165, 1.54) is 11.1 Å². The van der Waals surface area contributed by atoms with E-state index >= 15 is 0 Å². The lowest BCUT2D eigenvalue weighted by molar-refractivity contribution is 0.253. The average Bonchev–Trinajstić information content (AvgIpc) is 3.44. The molecule has 0 unspecified atom stereocenters. The lowest BCUT2D eigenvalue weighted by atomic mass is 10.1. The highest BCUT2D eigenvalue weighted by Gasteiger charge is 2.29. The number of nitrogens with two attached hydrogens (primary N) is 1. The molecule has 3 atom stereocenters. The van der Waals surface area contributed by atoms with Gasteiger partial charge in [-0.15, -0.1) is 0 Å². The van der Waals surface area contributed by atoms with Gasteiger partial charge in [0.2, 0.25) is 0 Å². The van der Waals surface area contributed by atoms with E-state index in [0.717, 1.165) is 49.0 Å². The Labute approximate surface area is 175 Å². The third-order valence-corrected chi connectivity index (χ3v) is 6.79. The number of nitrogens with zero attached hydrogens (tertiary/aromatic N) is 3. The molecule has 1 saturated carbocycles. The second-order valence-corrected chi connectivity index (χ2v) is 9.45. The molecule has 2 aliphatic carbocycles. The third-order valence-electron chi connectivity index (χ3n) is 6.33. The second-order valence-electron chi connectivity index (χ2n) is 8.23. The zero-order chi connectivity index (χ0) is 20.7. The molecule has 3 N–H and O–H groups in total. The Morgan fingerprint density at radius 2 is 2.03 bits per heavy atom. The molecule has 8 nitrogen and oxygen atoms in total. The number of anilines is 1. The molecule has 0 bridgehead atoms. The van der Waals surface area contributed by atoms with Gasteiger partial charge >= 0.3 is 10.3 Å². The molecule has 0 saturated heterocycles. The van der Waals surface area contributed by atoms with Crippen LogP contribution >= 0.6 is 0 Å².